The zero-order chi connectivity index (χ0) is 12.3. The lowest BCUT2D eigenvalue weighted by molar-refractivity contribution is 0.0917. The molecule has 1 aliphatic rings. The van der Waals surface area contributed by atoms with Crippen LogP contribution in [0.3, 0.4) is 0 Å². The van der Waals surface area contributed by atoms with Gasteiger partial charge < -0.3 is 10.6 Å². The van der Waals surface area contributed by atoms with Crippen LogP contribution in [0.15, 0.2) is 6.07 Å². The van der Waals surface area contributed by atoms with Gasteiger partial charge in [-0.25, -0.2) is 0 Å². The number of rotatable bonds is 3. The molecule has 0 atom stereocenters. The Hall–Kier alpha value is -1.07. The summed E-state index contributed by atoms with van der Waals surface area (Å²) in [6.07, 6.45) is 2.21. The maximum atomic E-state index is 11.8. The molecular weight excluding hydrogens is 252 g/mol. The molecule has 0 bridgehead atoms. The number of hydrogen-bond acceptors (Lipinski definition) is 3. The van der Waals surface area contributed by atoms with Gasteiger partial charge in [0.25, 0.3) is 5.91 Å². The Kier molecular flexibility index (Phi) is 5.16. The van der Waals surface area contributed by atoms with Crippen molar-refractivity contribution in [1.82, 2.24) is 20.8 Å². The van der Waals surface area contributed by atoms with E-state index in [1.165, 1.54) is 0 Å². The molecule has 2 heterocycles. The molecule has 1 fully saturated rings. The number of H-pyrrole nitrogens is 1. The van der Waals surface area contributed by atoms with E-state index in [0.29, 0.717) is 5.69 Å². The van der Waals surface area contributed by atoms with Gasteiger partial charge in [-0.05, 0) is 44.3 Å². The Bertz CT molecular complexity index is 399. The molecule has 0 radical (unpaired) electrons. The normalized spacial score (nSPS) is 17.9. The summed E-state index contributed by atoms with van der Waals surface area (Å²) in [6.45, 7) is 6.91. The van der Waals surface area contributed by atoms with E-state index >= 15 is 0 Å². The highest BCUT2D eigenvalue weighted by Crippen LogP contribution is 2.26. The van der Waals surface area contributed by atoms with Crippen LogP contribution >= 0.6 is 12.4 Å². The largest absolute Gasteiger partial charge is 0.350 e. The number of hydrogen-bond donors (Lipinski definition) is 3. The van der Waals surface area contributed by atoms with Gasteiger partial charge in [0.2, 0.25) is 0 Å². The van der Waals surface area contributed by atoms with Crippen molar-refractivity contribution in [3.05, 3.63) is 17.5 Å². The molecule has 5 nitrogen and oxygen atoms in total. The van der Waals surface area contributed by atoms with Crippen molar-refractivity contribution in [1.29, 1.82) is 0 Å². The lowest BCUT2D eigenvalue weighted by Crippen LogP contribution is -2.42. The van der Waals surface area contributed by atoms with Crippen molar-refractivity contribution in [2.75, 3.05) is 19.6 Å². The van der Waals surface area contributed by atoms with E-state index in [9.17, 15) is 4.79 Å². The van der Waals surface area contributed by atoms with Gasteiger partial charge in [-0.3, -0.25) is 9.89 Å². The van der Waals surface area contributed by atoms with Crippen LogP contribution in [0.2, 0.25) is 0 Å². The first kappa shape index (κ1) is 15.0. The summed E-state index contributed by atoms with van der Waals surface area (Å²) >= 11 is 0. The molecule has 102 valence electrons. The minimum absolute atomic E-state index is 0. The van der Waals surface area contributed by atoms with Crippen molar-refractivity contribution in [3.63, 3.8) is 0 Å². The number of aryl methyl sites for hydroxylation is 1. The van der Waals surface area contributed by atoms with Gasteiger partial charge in [-0.2, -0.15) is 5.10 Å². The van der Waals surface area contributed by atoms with E-state index < -0.39 is 0 Å². The number of aromatic amines is 1. The number of carbonyl (C=O) groups is 1. The highest BCUT2D eigenvalue weighted by Gasteiger charge is 2.27. The van der Waals surface area contributed by atoms with Crippen LogP contribution in [-0.2, 0) is 0 Å². The first-order chi connectivity index (χ1) is 8.09. The summed E-state index contributed by atoms with van der Waals surface area (Å²) in [7, 11) is 0. The molecule has 0 aliphatic carbocycles. The molecule has 6 heteroatoms. The number of nitrogens with one attached hydrogen (secondary N) is 3. The van der Waals surface area contributed by atoms with Gasteiger partial charge >= 0.3 is 0 Å². The predicted octanol–water partition coefficient (Wildman–Crippen LogP) is 1.26. The molecule has 0 spiro atoms. The molecule has 1 aromatic rings. The second-order valence-corrected chi connectivity index (χ2v) is 5.18. The van der Waals surface area contributed by atoms with Gasteiger partial charge in [0.15, 0.2) is 0 Å². The van der Waals surface area contributed by atoms with Gasteiger partial charge in [-0.15, -0.1) is 12.4 Å². The molecule has 0 aromatic carbocycles. The number of carbonyl (C=O) groups excluding carboxylic acids is 1. The zero-order valence-electron chi connectivity index (χ0n) is 10.9. The summed E-state index contributed by atoms with van der Waals surface area (Å²) in [6, 6.07) is 1.76. The van der Waals surface area contributed by atoms with Gasteiger partial charge in [-0.1, -0.05) is 6.92 Å². The molecule has 3 N–H and O–H groups in total. The highest BCUT2D eigenvalue weighted by molar-refractivity contribution is 5.92. The van der Waals surface area contributed by atoms with E-state index in [-0.39, 0.29) is 23.7 Å². The SMILES string of the molecule is Cc1cc(C(=O)NCC2(C)CCNCC2)n[nH]1.Cl. The minimum Gasteiger partial charge on any atom is -0.350 e. The van der Waals surface area contributed by atoms with Crippen molar-refractivity contribution in [2.24, 2.45) is 5.41 Å². The van der Waals surface area contributed by atoms with Gasteiger partial charge in [0, 0.05) is 12.2 Å². The molecule has 1 aromatic heterocycles. The van der Waals surface area contributed by atoms with Crippen LogP contribution in [0.4, 0.5) is 0 Å². The Morgan fingerprint density at radius 3 is 2.72 bits per heavy atom. The van der Waals surface area contributed by atoms with Crippen molar-refractivity contribution in [2.45, 2.75) is 26.7 Å². The predicted molar refractivity (Wildman–Crippen MR) is 73.1 cm³/mol. The molecule has 1 amide bonds. The van der Waals surface area contributed by atoms with E-state index in [1.54, 1.807) is 6.07 Å². The maximum Gasteiger partial charge on any atom is 0.271 e. The van der Waals surface area contributed by atoms with E-state index in [0.717, 1.165) is 38.2 Å². The second-order valence-electron chi connectivity index (χ2n) is 5.18. The first-order valence-electron chi connectivity index (χ1n) is 6.10. The second kappa shape index (κ2) is 6.20. The Morgan fingerprint density at radius 2 is 2.17 bits per heavy atom. The lowest BCUT2D eigenvalue weighted by Gasteiger charge is -2.34. The third kappa shape index (κ3) is 3.71. The van der Waals surface area contributed by atoms with E-state index in [4.69, 9.17) is 0 Å². The number of amides is 1. The topological polar surface area (TPSA) is 69.8 Å². The molecule has 0 saturated carbocycles. The standard InChI is InChI=1S/C12H20N4O.ClH/c1-9-7-10(16-15-9)11(17)14-8-12(2)3-5-13-6-4-12;/h7,13H,3-6,8H2,1-2H3,(H,14,17)(H,15,16);1H. The Balaban J connectivity index is 0.00000162. The number of piperidine rings is 1. The minimum atomic E-state index is -0.0888. The molecule has 1 aliphatic heterocycles. The zero-order valence-corrected chi connectivity index (χ0v) is 11.7. The van der Waals surface area contributed by atoms with Crippen molar-refractivity contribution >= 4 is 18.3 Å². The number of nitrogens with zero attached hydrogens (tertiary/aromatic N) is 1. The summed E-state index contributed by atoms with van der Waals surface area (Å²) < 4.78 is 0. The molecular formula is C12H21ClN4O. The Morgan fingerprint density at radius 1 is 1.50 bits per heavy atom. The molecule has 2 rings (SSSR count). The fourth-order valence-corrected chi connectivity index (χ4v) is 2.13. The maximum absolute atomic E-state index is 11.8. The van der Waals surface area contributed by atoms with Gasteiger partial charge in [0.05, 0.1) is 0 Å². The van der Waals surface area contributed by atoms with Crippen LogP contribution in [0.25, 0.3) is 0 Å². The van der Waals surface area contributed by atoms with Crippen molar-refractivity contribution in [3.8, 4) is 0 Å². The third-order valence-electron chi connectivity index (χ3n) is 3.42. The van der Waals surface area contributed by atoms with Crippen molar-refractivity contribution < 1.29 is 4.79 Å². The average Bonchev–Trinajstić information content (AvgIpc) is 2.74. The lowest BCUT2D eigenvalue weighted by atomic mass is 9.81. The molecule has 1 saturated heterocycles. The van der Waals surface area contributed by atoms with Crippen LogP contribution < -0.4 is 10.6 Å². The number of halogens is 1. The van der Waals surface area contributed by atoms with Crippen LogP contribution in [0.5, 0.6) is 0 Å². The first-order valence-corrected chi connectivity index (χ1v) is 6.10. The summed E-state index contributed by atoms with van der Waals surface area (Å²) in [5.41, 5.74) is 1.59. The fraction of sp³-hybridized carbons (Fsp3) is 0.667. The monoisotopic (exact) mass is 272 g/mol. The Labute approximate surface area is 114 Å². The quantitative estimate of drug-likeness (QED) is 0.776. The van der Waals surface area contributed by atoms with Gasteiger partial charge in [0.1, 0.15) is 5.69 Å². The smallest absolute Gasteiger partial charge is 0.271 e. The van der Waals surface area contributed by atoms with Crippen LogP contribution in [0, 0.1) is 12.3 Å². The van der Waals surface area contributed by atoms with E-state index in [1.807, 2.05) is 6.92 Å². The summed E-state index contributed by atoms with van der Waals surface area (Å²) in [4.78, 5) is 11.8. The van der Waals surface area contributed by atoms with Crippen LogP contribution in [0.1, 0.15) is 35.9 Å². The van der Waals surface area contributed by atoms with E-state index in [2.05, 4.69) is 27.8 Å². The highest BCUT2D eigenvalue weighted by atomic mass is 35.5. The van der Waals surface area contributed by atoms with Crippen LogP contribution in [-0.4, -0.2) is 35.7 Å². The summed E-state index contributed by atoms with van der Waals surface area (Å²) in [5.74, 6) is -0.0888. The average molecular weight is 273 g/mol. The summed E-state index contributed by atoms with van der Waals surface area (Å²) in [5, 5.41) is 13.0. The molecule has 18 heavy (non-hydrogen) atoms. The molecule has 0 unspecified atom stereocenters. The number of aromatic nitrogens is 2. The third-order valence-corrected chi connectivity index (χ3v) is 3.42. The fourth-order valence-electron chi connectivity index (χ4n) is 2.13.